The molecule has 0 aliphatic carbocycles. The van der Waals surface area contributed by atoms with Crippen molar-refractivity contribution in [3.63, 3.8) is 0 Å². The minimum absolute atomic E-state index is 0.376. The van der Waals surface area contributed by atoms with E-state index in [-0.39, 0.29) is 0 Å². The lowest BCUT2D eigenvalue weighted by Gasteiger charge is -1.93. The lowest BCUT2D eigenvalue weighted by molar-refractivity contribution is 0.283. The van der Waals surface area contributed by atoms with Crippen molar-refractivity contribution in [3.05, 3.63) is 0 Å². The third-order valence-corrected chi connectivity index (χ3v) is 1.97. The molecule has 0 rings (SSSR count). The van der Waals surface area contributed by atoms with Crippen LogP contribution in [-0.4, -0.2) is 22.0 Å². The van der Waals surface area contributed by atoms with Crippen LogP contribution >= 0.6 is 0 Å². The fraction of sp³-hybridized carbons (Fsp3) is 1.00. The van der Waals surface area contributed by atoms with Gasteiger partial charge in [0.15, 0.2) is 0 Å². The van der Waals surface area contributed by atoms with Gasteiger partial charge in [0, 0.05) is 16.8 Å². The van der Waals surface area contributed by atoms with Crippen LogP contribution in [0, 0.1) is 0 Å². The molecule has 0 bridgehead atoms. The molecule has 0 radical (unpaired) electrons. The van der Waals surface area contributed by atoms with E-state index < -0.39 is 0 Å². The van der Waals surface area contributed by atoms with Crippen LogP contribution in [0.15, 0.2) is 0 Å². The second-order valence-electron chi connectivity index (χ2n) is 2.14. The summed E-state index contributed by atoms with van der Waals surface area (Å²) in [5.74, 6) is 0. The molecular formula is C6H16OSi. The molecular weight excluding hydrogens is 116 g/mol. The van der Waals surface area contributed by atoms with E-state index in [1.165, 1.54) is 35.5 Å². The summed E-state index contributed by atoms with van der Waals surface area (Å²) >= 11 is 0. The van der Waals surface area contributed by atoms with Crippen molar-refractivity contribution in [2.24, 2.45) is 0 Å². The van der Waals surface area contributed by atoms with Crippen molar-refractivity contribution in [1.82, 2.24) is 0 Å². The smallest absolute Gasteiger partial charge is 0.0431 e. The molecule has 0 saturated heterocycles. The predicted molar refractivity (Wildman–Crippen MR) is 40.3 cm³/mol. The van der Waals surface area contributed by atoms with E-state index in [1.807, 2.05) is 0 Å². The van der Waals surface area contributed by atoms with Gasteiger partial charge in [-0.05, 0) is 6.42 Å². The maximum absolute atomic E-state index is 8.37. The first-order valence-corrected chi connectivity index (χ1v) is 4.94. The van der Waals surface area contributed by atoms with Crippen LogP contribution in [0.1, 0.15) is 25.7 Å². The Hall–Kier alpha value is 0.177. The number of hydrogen-bond acceptors (Lipinski definition) is 1. The highest BCUT2D eigenvalue weighted by Gasteiger charge is 1.84. The summed E-state index contributed by atoms with van der Waals surface area (Å²) in [5.41, 5.74) is 0. The molecule has 0 atom stereocenters. The fourth-order valence-corrected chi connectivity index (χ4v) is 1.22. The lowest BCUT2D eigenvalue weighted by Crippen LogP contribution is -1.82. The van der Waals surface area contributed by atoms with Gasteiger partial charge in [-0.3, -0.25) is 0 Å². The first kappa shape index (κ1) is 8.18. The van der Waals surface area contributed by atoms with Crippen LogP contribution in [0.4, 0.5) is 0 Å². The van der Waals surface area contributed by atoms with Crippen LogP contribution in [0.3, 0.4) is 0 Å². The molecule has 0 aromatic heterocycles. The molecule has 0 amide bonds. The third-order valence-electron chi connectivity index (χ3n) is 1.26. The Morgan fingerprint density at radius 3 is 2.12 bits per heavy atom. The number of aliphatic hydroxyl groups excluding tert-OH is 1. The molecule has 2 heteroatoms. The van der Waals surface area contributed by atoms with E-state index in [1.54, 1.807) is 0 Å². The fourth-order valence-electron chi connectivity index (χ4n) is 0.715. The van der Waals surface area contributed by atoms with Gasteiger partial charge in [-0.2, -0.15) is 0 Å². The van der Waals surface area contributed by atoms with Crippen molar-refractivity contribution in [2.75, 3.05) is 6.61 Å². The minimum atomic E-state index is 0.376. The van der Waals surface area contributed by atoms with Crippen molar-refractivity contribution >= 4 is 10.2 Å². The van der Waals surface area contributed by atoms with Crippen molar-refractivity contribution < 1.29 is 5.11 Å². The average molecular weight is 132 g/mol. The topological polar surface area (TPSA) is 20.2 Å². The zero-order chi connectivity index (χ0) is 6.24. The van der Waals surface area contributed by atoms with E-state index >= 15 is 0 Å². The van der Waals surface area contributed by atoms with Crippen LogP contribution in [-0.2, 0) is 0 Å². The quantitative estimate of drug-likeness (QED) is 0.422. The van der Waals surface area contributed by atoms with Crippen LogP contribution in [0.25, 0.3) is 0 Å². The molecule has 0 aliphatic heterocycles. The molecule has 0 aromatic carbocycles. The highest BCUT2D eigenvalue weighted by molar-refractivity contribution is 6.08. The Bertz CT molecular complexity index is 33.5. The molecule has 0 spiro atoms. The van der Waals surface area contributed by atoms with Crippen LogP contribution < -0.4 is 0 Å². The van der Waals surface area contributed by atoms with Gasteiger partial charge in [-0.25, -0.2) is 0 Å². The number of rotatable bonds is 5. The predicted octanol–water partition coefficient (Wildman–Crippen LogP) is 0.323. The minimum Gasteiger partial charge on any atom is -0.396 e. The summed E-state index contributed by atoms with van der Waals surface area (Å²) in [6.07, 6.45) is 4.93. The molecule has 0 heterocycles. The summed E-state index contributed by atoms with van der Waals surface area (Å²) in [6.45, 7) is 0.376. The van der Waals surface area contributed by atoms with Crippen molar-refractivity contribution in [3.8, 4) is 0 Å². The maximum Gasteiger partial charge on any atom is 0.0431 e. The van der Waals surface area contributed by atoms with Crippen LogP contribution in [0.5, 0.6) is 0 Å². The second kappa shape index (κ2) is 7.18. The Labute approximate surface area is 54.5 Å². The van der Waals surface area contributed by atoms with E-state index in [0.29, 0.717) is 6.61 Å². The molecule has 8 heavy (non-hydrogen) atoms. The van der Waals surface area contributed by atoms with Crippen molar-refractivity contribution in [2.45, 2.75) is 31.7 Å². The summed E-state index contributed by atoms with van der Waals surface area (Å²) in [4.78, 5) is 0. The molecule has 0 aliphatic rings. The Morgan fingerprint density at radius 1 is 1.00 bits per heavy atom. The zero-order valence-electron chi connectivity index (χ0n) is 5.69. The van der Waals surface area contributed by atoms with Crippen LogP contribution in [0.2, 0.25) is 6.04 Å². The van der Waals surface area contributed by atoms with E-state index in [4.69, 9.17) is 5.11 Å². The number of aliphatic hydroxyl groups is 1. The highest BCUT2D eigenvalue weighted by atomic mass is 28.1. The summed E-state index contributed by atoms with van der Waals surface area (Å²) in [7, 11) is 1.34. The van der Waals surface area contributed by atoms with Crippen molar-refractivity contribution in [1.29, 1.82) is 0 Å². The van der Waals surface area contributed by atoms with E-state index in [9.17, 15) is 0 Å². The van der Waals surface area contributed by atoms with Gasteiger partial charge >= 0.3 is 0 Å². The van der Waals surface area contributed by atoms with E-state index in [2.05, 4.69) is 0 Å². The second-order valence-corrected chi connectivity index (χ2v) is 3.14. The normalized spacial score (nSPS) is 10.1. The average Bonchev–Trinajstić information content (AvgIpc) is 1.81. The third kappa shape index (κ3) is 6.18. The molecule has 0 fully saturated rings. The molecule has 1 N–H and O–H groups in total. The maximum atomic E-state index is 8.37. The highest BCUT2D eigenvalue weighted by Crippen LogP contribution is 1.99. The summed E-state index contributed by atoms with van der Waals surface area (Å²) in [6, 6.07) is 1.42. The van der Waals surface area contributed by atoms with Gasteiger partial charge in [0.25, 0.3) is 0 Å². The molecule has 50 valence electrons. The Kier molecular flexibility index (Phi) is 7.34. The monoisotopic (exact) mass is 132 g/mol. The molecule has 0 unspecified atom stereocenters. The summed E-state index contributed by atoms with van der Waals surface area (Å²) in [5, 5.41) is 8.37. The first-order chi connectivity index (χ1) is 3.91. The lowest BCUT2D eigenvalue weighted by atomic mass is 10.2. The standard InChI is InChI=1S/C6H16OSi/c7-5-3-1-2-4-6-8/h7H,1-6H2,8H3. The molecule has 1 nitrogen and oxygen atoms in total. The molecule has 0 aromatic rings. The Morgan fingerprint density at radius 2 is 1.62 bits per heavy atom. The van der Waals surface area contributed by atoms with Gasteiger partial charge in [-0.15, -0.1) is 0 Å². The van der Waals surface area contributed by atoms with Gasteiger partial charge < -0.3 is 5.11 Å². The van der Waals surface area contributed by atoms with Gasteiger partial charge in [-0.1, -0.05) is 25.3 Å². The molecule has 0 saturated carbocycles. The number of unbranched alkanes of at least 4 members (excludes halogenated alkanes) is 3. The van der Waals surface area contributed by atoms with Gasteiger partial charge in [0.2, 0.25) is 0 Å². The number of hydrogen-bond donors (Lipinski definition) is 1. The largest absolute Gasteiger partial charge is 0.396 e. The van der Waals surface area contributed by atoms with Gasteiger partial charge in [0.05, 0.1) is 0 Å². The van der Waals surface area contributed by atoms with Gasteiger partial charge in [0.1, 0.15) is 0 Å². The SMILES string of the molecule is OCCCCCC[SiH3]. The Balaban J connectivity index is 2.53. The first-order valence-electron chi connectivity index (χ1n) is 3.52. The summed E-state index contributed by atoms with van der Waals surface area (Å²) < 4.78 is 0. The zero-order valence-corrected chi connectivity index (χ0v) is 7.69. The van der Waals surface area contributed by atoms with E-state index in [0.717, 1.165) is 6.42 Å².